The van der Waals surface area contributed by atoms with Crippen LogP contribution in [0.15, 0.2) is 42.6 Å². The highest BCUT2D eigenvalue weighted by atomic mass is 16.2. The molecule has 4 heterocycles. The van der Waals surface area contributed by atoms with E-state index in [2.05, 4.69) is 25.6 Å². The maximum atomic E-state index is 13.3. The monoisotopic (exact) mass is 530 g/mol. The van der Waals surface area contributed by atoms with Crippen LogP contribution >= 0.6 is 0 Å². The Morgan fingerprint density at radius 3 is 2.49 bits per heavy atom. The van der Waals surface area contributed by atoms with Gasteiger partial charge in [-0.25, -0.2) is 9.78 Å². The molecule has 39 heavy (non-hydrogen) atoms. The highest BCUT2D eigenvalue weighted by Gasteiger charge is 2.29. The van der Waals surface area contributed by atoms with Crippen molar-refractivity contribution in [2.24, 2.45) is 0 Å². The molecule has 1 aromatic carbocycles. The van der Waals surface area contributed by atoms with Crippen molar-refractivity contribution in [2.75, 3.05) is 42.3 Å². The van der Waals surface area contributed by atoms with Gasteiger partial charge in [0, 0.05) is 76.6 Å². The Labute approximate surface area is 227 Å². The third kappa shape index (κ3) is 5.57. The average molecular weight is 531 g/mol. The summed E-state index contributed by atoms with van der Waals surface area (Å²) in [5.74, 6) is 0.732. The van der Waals surface area contributed by atoms with Crippen LogP contribution in [-0.2, 0) is 30.8 Å². The van der Waals surface area contributed by atoms with Crippen molar-refractivity contribution in [1.29, 1.82) is 0 Å². The van der Waals surface area contributed by atoms with Crippen LogP contribution < -0.4 is 20.4 Å². The number of fused-ring (bicyclic) bond motifs is 1. The molecule has 11 heteroatoms. The first-order valence-corrected chi connectivity index (χ1v) is 13.3. The van der Waals surface area contributed by atoms with E-state index in [-0.39, 0.29) is 17.8 Å². The van der Waals surface area contributed by atoms with E-state index in [1.54, 1.807) is 25.2 Å². The Morgan fingerprint density at radius 1 is 1.05 bits per heavy atom. The van der Waals surface area contributed by atoms with Gasteiger partial charge in [0.2, 0.25) is 5.91 Å². The van der Waals surface area contributed by atoms with Crippen LogP contribution in [0.3, 0.4) is 0 Å². The van der Waals surface area contributed by atoms with E-state index >= 15 is 0 Å². The molecule has 5 rings (SSSR count). The van der Waals surface area contributed by atoms with Gasteiger partial charge >= 0.3 is 6.03 Å². The van der Waals surface area contributed by atoms with Gasteiger partial charge in [-0.2, -0.15) is 5.10 Å². The molecule has 0 spiro atoms. The van der Waals surface area contributed by atoms with Gasteiger partial charge in [0.15, 0.2) is 5.69 Å². The highest BCUT2D eigenvalue weighted by Crippen LogP contribution is 2.28. The van der Waals surface area contributed by atoms with E-state index < -0.39 is 0 Å². The number of anilines is 3. The van der Waals surface area contributed by atoms with E-state index in [1.807, 2.05) is 48.0 Å². The molecule has 2 aromatic heterocycles. The first kappa shape index (κ1) is 26.2. The lowest BCUT2D eigenvalue weighted by Crippen LogP contribution is -2.33. The quantitative estimate of drug-likeness (QED) is 0.485. The summed E-state index contributed by atoms with van der Waals surface area (Å²) in [5.41, 5.74) is 4.87. The second-order valence-corrected chi connectivity index (χ2v) is 9.99. The van der Waals surface area contributed by atoms with Gasteiger partial charge in [-0.15, -0.1) is 0 Å². The number of nitrogens with zero attached hydrogens (tertiary/aromatic N) is 6. The van der Waals surface area contributed by atoms with Gasteiger partial charge < -0.3 is 25.3 Å². The molecule has 1 saturated heterocycles. The Bertz CT molecular complexity index is 1360. The van der Waals surface area contributed by atoms with Crippen LogP contribution in [0.5, 0.6) is 0 Å². The van der Waals surface area contributed by atoms with E-state index in [9.17, 15) is 14.4 Å². The van der Waals surface area contributed by atoms with Crippen molar-refractivity contribution in [3.05, 3.63) is 65.1 Å². The number of aryl methyl sites for hydroxylation is 1. The summed E-state index contributed by atoms with van der Waals surface area (Å²) in [6.07, 6.45) is 3.98. The zero-order chi connectivity index (χ0) is 27.5. The van der Waals surface area contributed by atoms with E-state index in [0.717, 1.165) is 54.3 Å². The number of amides is 4. The maximum Gasteiger partial charge on any atom is 0.321 e. The van der Waals surface area contributed by atoms with E-state index in [1.165, 1.54) is 4.90 Å². The molecule has 0 unspecified atom stereocenters. The zero-order valence-corrected chi connectivity index (χ0v) is 22.6. The molecule has 11 nitrogen and oxygen atoms in total. The highest BCUT2D eigenvalue weighted by molar-refractivity contribution is 5.95. The number of hydrogen-bond acceptors (Lipinski definition) is 6. The predicted molar refractivity (Wildman–Crippen MR) is 149 cm³/mol. The van der Waals surface area contributed by atoms with Gasteiger partial charge in [-0.3, -0.25) is 14.3 Å². The van der Waals surface area contributed by atoms with Crippen LogP contribution in [0.2, 0.25) is 0 Å². The Balaban J connectivity index is 1.26. The number of carbonyl (C=O) groups excluding carboxylic acids is 3. The summed E-state index contributed by atoms with van der Waals surface area (Å²) in [4.78, 5) is 47.2. The number of nitrogens with one attached hydrogen (secondary N) is 2. The number of rotatable bonds is 7. The zero-order valence-electron chi connectivity index (χ0n) is 22.6. The molecule has 0 radical (unpaired) electrons. The first-order chi connectivity index (χ1) is 18.8. The first-order valence-electron chi connectivity index (χ1n) is 13.3. The molecule has 0 saturated carbocycles. The lowest BCUT2D eigenvalue weighted by atomic mass is 10.0. The van der Waals surface area contributed by atoms with Crippen LogP contribution in [-0.4, -0.2) is 64.7 Å². The summed E-state index contributed by atoms with van der Waals surface area (Å²) in [6.45, 7) is 5.10. The molecular formula is C28H34N8O3. The molecule has 4 amide bonds. The second-order valence-electron chi connectivity index (χ2n) is 9.99. The molecular weight excluding hydrogens is 496 g/mol. The minimum Gasteiger partial charge on any atom is -0.352 e. The number of pyridine rings is 1. The van der Waals surface area contributed by atoms with Gasteiger partial charge in [0.05, 0.1) is 11.9 Å². The number of hydrogen-bond donors (Lipinski definition) is 2. The fourth-order valence-electron chi connectivity index (χ4n) is 4.98. The summed E-state index contributed by atoms with van der Waals surface area (Å²) in [7, 11) is 3.36. The van der Waals surface area contributed by atoms with Crippen LogP contribution in [0.25, 0.3) is 0 Å². The van der Waals surface area contributed by atoms with Gasteiger partial charge in [-0.05, 0) is 43.2 Å². The van der Waals surface area contributed by atoms with Crippen LogP contribution in [0.1, 0.15) is 47.1 Å². The number of benzene rings is 1. The minimum atomic E-state index is -0.221. The SMILES string of the molecule is CCn1nc(C(=O)NCc2ccc(NC(=O)N(C)C)cc2)c2c1CCN(c1ccc(N3CCCC3=O)cn1)C2. The minimum absolute atomic E-state index is 0.141. The third-order valence-electron chi connectivity index (χ3n) is 7.15. The largest absolute Gasteiger partial charge is 0.352 e. The van der Waals surface area contributed by atoms with Gasteiger partial charge in [0.1, 0.15) is 5.82 Å². The molecule has 1 fully saturated rings. The Morgan fingerprint density at radius 2 is 1.85 bits per heavy atom. The summed E-state index contributed by atoms with van der Waals surface area (Å²) in [5, 5.41) is 10.4. The molecule has 0 aliphatic carbocycles. The average Bonchev–Trinajstić information content (AvgIpc) is 3.55. The smallest absolute Gasteiger partial charge is 0.321 e. The molecule has 204 valence electrons. The van der Waals surface area contributed by atoms with Crippen molar-refractivity contribution in [3.63, 3.8) is 0 Å². The molecule has 2 aliphatic heterocycles. The summed E-state index contributed by atoms with van der Waals surface area (Å²) >= 11 is 0. The predicted octanol–water partition coefficient (Wildman–Crippen LogP) is 3.01. The topological polar surface area (TPSA) is 116 Å². The van der Waals surface area contributed by atoms with Crippen molar-refractivity contribution in [2.45, 2.75) is 45.8 Å². The fourth-order valence-corrected chi connectivity index (χ4v) is 4.98. The molecule has 3 aromatic rings. The Hall–Kier alpha value is -4.41. The van der Waals surface area contributed by atoms with E-state index in [0.29, 0.717) is 37.4 Å². The van der Waals surface area contributed by atoms with E-state index in [4.69, 9.17) is 0 Å². The second kappa shape index (κ2) is 11.1. The lowest BCUT2D eigenvalue weighted by Gasteiger charge is -2.29. The standard InChI is InChI=1S/C28H34N8O3/c1-4-36-23-13-15-34(24-12-11-21(17-29-24)35-14-5-6-25(35)37)18-22(23)26(32-36)27(38)30-16-19-7-9-20(10-8-19)31-28(39)33(2)3/h7-12,17H,4-6,13-16,18H2,1-3H3,(H,30,38)(H,31,39). The molecule has 2 N–H and O–H groups in total. The maximum absolute atomic E-state index is 13.3. The fraction of sp³-hybridized carbons (Fsp3) is 0.393. The number of urea groups is 1. The summed E-state index contributed by atoms with van der Waals surface area (Å²) in [6, 6.07) is 11.1. The normalized spacial score (nSPS) is 14.8. The third-order valence-corrected chi connectivity index (χ3v) is 7.15. The molecule has 0 bridgehead atoms. The van der Waals surface area contributed by atoms with Crippen LogP contribution in [0, 0.1) is 0 Å². The van der Waals surface area contributed by atoms with Gasteiger partial charge in [0.25, 0.3) is 5.91 Å². The van der Waals surface area contributed by atoms with Crippen molar-refractivity contribution in [1.82, 2.24) is 25.0 Å². The van der Waals surface area contributed by atoms with Crippen molar-refractivity contribution in [3.8, 4) is 0 Å². The summed E-state index contributed by atoms with van der Waals surface area (Å²) < 4.78 is 1.92. The Kier molecular flexibility index (Phi) is 7.49. The molecule has 0 atom stereocenters. The molecule has 2 aliphatic rings. The van der Waals surface area contributed by atoms with Crippen molar-refractivity contribution < 1.29 is 14.4 Å². The lowest BCUT2D eigenvalue weighted by molar-refractivity contribution is -0.117. The number of aromatic nitrogens is 3. The van der Waals surface area contributed by atoms with Crippen LogP contribution in [0.4, 0.5) is 22.0 Å². The van der Waals surface area contributed by atoms with Crippen molar-refractivity contribution >= 4 is 35.0 Å². The van der Waals surface area contributed by atoms with Gasteiger partial charge in [-0.1, -0.05) is 12.1 Å². The number of carbonyl (C=O) groups is 3.